The summed E-state index contributed by atoms with van der Waals surface area (Å²) in [5.41, 5.74) is 0.402. The number of carbonyl (C=O) groups is 1. The van der Waals surface area contributed by atoms with Crippen molar-refractivity contribution >= 4 is 11.6 Å². The van der Waals surface area contributed by atoms with Crippen LogP contribution in [0, 0.1) is 0 Å². The van der Waals surface area contributed by atoms with E-state index in [-0.39, 0.29) is 5.56 Å². The maximum Gasteiger partial charge on any atom is 0.255 e. The first-order valence-corrected chi connectivity index (χ1v) is 6.42. The number of pyridine rings is 1. The Labute approximate surface area is 129 Å². The van der Waals surface area contributed by atoms with Crippen LogP contribution in [0.2, 0.25) is 0 Å². The number of rotatable bonds is 3. The zero-order valence-corrected chi connectivity index (χ0v) is 11.6. The smallest absolute Gasteiger partial charge is 0.255 e. The number of nitrogens with one attached hydrogen (secondary N) is 1. The highest BCUT2D eigenvalue weighted by Gasteiger charge is 2.13. The first-order chi connectivity index (χ1) is 11.0. The van der Waals surface area contributed by atoms with Gasteiger partial charge in [0.2, 0.25) is 0 Å². The Morgan fingerprint density at radius 2 is 1.70 bits per heavy atom. The van der Waals surface area contributed by atoms with Gasteiger partial charge in [-0.3, -0.25) is 9.36 Å². The van der Waals surface area contributed by atoms with Crippen LogP contribution in [0.4, 0.5) is 5.69 Å². The Bertz CT molecular complexity index is 823. The number of phenols is 3. The summed E-state index contributed by atoms with van der Waals surface area (Å²) in [5, 5.41) is 38.0. The van der Waals surface area contributed by atoms with E-state index in [0.717, 1.165) is 12.1 Å². The first-order valence-electron chi connectivity index (χ1n) is 6.42. The molecule has 0 radical (unpaired) electrons. The summed E-state index contributed by atoms with van der Waals surface area (Å²) in [7, 11) is 0. The molecule has 0 bridgehead atoms. The SMILES string of the molecule is O=C(Nc1ccc(-n2cnnc2)nc1)c1cc(O)c(O)c(O)c1. The average Bonchev–Trinajstić information content (AvgIpc) is 3.07. The molecule has 0 aliphatic heterocycles. The zero-order valence-electron chi connectivity index (χ0n) is 11.6. The van der Waals surface area contributed by atoms with Crippen LogP contribution < -0.4 is 5.32 Å². The van der Waals surface area contributed by atoms with Gasteiger partial charge in [-0.25, -0.2) is 4.98 Å². The minimum absolute atomic E-state index is 0.0133. The monoisotopic (exact) mass is 313 g/mol. The molecule has 4 N–H and O–H groups in total. The van der Waals surface area contributed by atoms with Crippen molar-refractivity contribution in [1.82, 2.24) is 19.7 Å². The van der Waals surface area contributed by atoms with Crippen LogP contribution in [0.5, 0.6) is 17.2 Å². The van der Waals surface area contributed by atoms with Gasteiger partial charge in [0, 0.05) is 5.56 Å². The lowest BCUT2D eigenvalue weighted by molar-refractivity contribution is 0.102. The van der Waals surface area contributed by atoms with Crippen molar-refractivity contribution in [3.8, 4) is 23.1 Å². The molecule has 3 aromatic rings. The third kappa shape index (κ3) is 2.88. The quantitative estimate of drug-likeness (QED) is 0.531. The van der Waals surface area contributed by atoms with Crippen molar-refractivity contribution in [3.05, 3.63) is 48.7 Å². The largest absolute Gasteiger partial charge is 0.504 e. The van der Waals surface area contributed by atoms with E-state index in [1.165, 1.54) is 18.9 Å². The number of phenolic OH excluding ortho intramolecular Hbond substituents is 3. The number of hydrogen-bond donors (Lipinski definition) is 4. The molecule has 9 heteroatoms. The minimum atomic E-state index is -0.679. The Morgan fingerprint density at radius 3 is 2.26 bits per heavy atom. The van der Waals surface area contributed by atoms with E-state index in [4.69, 9.17) is 0 Å². The second kappa shape index (κ2) is 5.64. The van der Waals surface area contributed by atoms with Crippen molar-refractivity contribution in [1.29, 1.82) is 0 Å². The highest BCUT2D eigenvalue weighted by atomic mass is 16.3. The lowest BCUT2D eigenvalue weighted by Gasteiger charge is -2.08. The molecule has 0 saturated carbocycles. The summed E-state index contributed by atoms with van der Waals surface area (Å²) in [6.07, 6.45) is 4.42. The minimum Gasteiger partial charge on any atom is -0.504 e. The molecular formula is C14H11N5O4. The second-order valence-corrected chi connectivity index (χ2v) is 4.59. The number of aromatic nitrogens is 4. The Kier molecular flexibility index (Phi) is 3.51. The molecule has 0 unspecified atom stereocenters. The molecule has 0 spiro atoms. The van der Waals surface area contributed by atoms with Gasteiger partial charge in [-0.2, -0.15) is 0 Å². The highest BCUT2D eigenvalue weighted by Crippen LogP contribution is 2.35. The Morgan fingerprint density at radius 1 is 1.04 bits per heavy atom. The molecule has 0 aliphatic rings. The Hall–Kier alpha value is -3.62. The molecule has 2 aromatic heterocycles. The van der Waals surface area contributed by atoms with E-state index in [9.17, 15) is 20.1 Å². The van der Waals surface area contributed by atoms with Crippen LogP contribution >= 0.6 is 0 Å². The van der Waals surface area contributed by atoms with Gasteiger partial charge in [-0.05, 0) is 24.3 Å². The first kappa shape index (κ1) is 14.3. The molecule has 0 fully saturated rings. The van der Waals surface area contributed by atoms with Crippen molar-refractivity contribution < 1.29 is 20.1 Å². The molecule has 1 aromatic carbocycles. The fraction of sp³-hybridized carbons (Fsp3) is 0. The van der Waals surface area contributed by atoms with Crippen molar-refractivity contribution in [2.45, 2.75) is 0 Å². The van der Waals surface area contributed by atoms with Gasteiger partial charge in [0.05, 0.1) is 11.9 Å². The predicted molar refractivity (Wildman–Crippen MR) is 78.5 cm³/mol. The van der Waals surface area contributed by atoms with Gasteiger partial charge in [-0.1, -0.05) is 0 Å². The van der Waals surface area contributed by atoms with Gasteiger partial charge >= 0.3 is 0 Å². The number of carbonyl (C=O) groups excluding carboxylic acids is 1. The lowest BCUT2D eigenvalue weighted by Crippen LogP contribution is -2.12. The molecule has 23 heavy (non-hydrogen) atoms. The standard InChI is InChI=1S/C14H11N5O4/c20-10-3-8(4-11(21)13(10)22)14(23)18-9-1-2-12(15-5-9)19-6-16-17-7-19/h1-7,20-22H,(H,18,23). The number of benzene rings is 1. The molecule has 2 heterocycles. The van der Waals surface area contributed by atoms with Crippen molar-refractivity contribution in [2.24, 2.45) is 0 Å². The summed E-state index contributed by atoms with van der Waals surface area (Å²) in [5.74, 6) is -1.85. The molecular weight excluding hydrogens is 302 g/mol. The molecule has 3 rings (SSSR count). The number of anilines is 1. The van der Waals surface area contributed by atoms with Gasteiger partial charge in [-0.15, -0.1) is 10.2 Å². The number of nitrogens with zero attached hydrogens (tertiary/aromatic N) is 4. The summed E-state index contributed by atoms with van der Waals surface area (Å²) in [6, 6.07) is 5.37. The fourth-order valence-electron chi connectivity index (χ4n) is 1.87. The van der Waals surface area contributed by atoms with Crippen LogP contribution in [-0.4, -0.2) is 41.0 Å². The second-order valence-electron chi connectivity index (χ2n) is 4.59. The molecule has 0 saturated heterocycles. The Balaban J connectivity index is 1.78. The number of aromatic hydroxyl groups is 3. The van der Waals surface area contributed by atoms with E-state index >= 15 is 0 Å². The van der Waals surface area contributed by atoms with Crippen LogP contribution in [0.1, 0.15) is 10.4 Å². The van der Waals surface area contributed by atoms with Crippen LogP contribution in [0.25, 0.3) is 5.82 Å². The van der Waals surface area contributed by atoms with E-state index in [0.29, 0.717) is 11.5 Å². The topological polar surface area (TPSA) is 133 Å². The predicted octanol–water partition coefficient (Wildman–Crippen LogP) is 1.03. The molecule has 116 valence electrons. The van der Waals surface area contributed by atoms with E-state index < -0.39 is 23.2 Å². The summed E-state index contributed by atoms with van der Waals surface area (Å²) >= 11 is 0. The van der Waals surface area contributed by atoms with Gasteiger partial charge < -0.3 is 20.6 Å². The third-order valence-electron chi connectivity index (χ3n) is 3.02. The highest BCUT2D eigenvalue weighted by molar-refractivity contribution is 6.05. The van der Waals surface area contributed by atoms with E-state index in [1.807, 2.05) is 0 Å². The van der Waals surface area contributed by atoms with E-state index in [1.54, 1.807) is 16.7 Å². The molecule has 9 nitrogen and oxygen atoms in total. The molecule has 0 atom stereocenters. The van der Waals surface area contributed by atoms with Gasteiger partial charge in [0.1, 0.15) is 18.5 Å². The number of hydrogen-bond acceptors (Lipinski definition) is 7. The zero-order chi connectivity index (χ0) is 16.4. The van der Waals surface area contributed by atoms with Crippen LogP contribution in [0.15, 0.2) is 43.1 Å². The average molecular weight is 313 g/mol. The van der Waals surface area contributed by atoms with Gasteiger partial charge in [0.25, 0.3) is 5.91 Å². The number of amides is 1. The lowest BCUT2D eigenvalue weighted by atomic mass is 10.1. The van der Waals surface area contributed by atoms with Crippen molar-refractivity contribution in [2.75, 3.05) is 5.32 Å². The van der Waals surface area contributed by atoms with Gasteiger partial charge in [0.15, 0.2) is 17.2 Å². The molecule has 1 amide bonds. The van der Waals surface area contributed by atoms with Crippen LogP contribution in [-0.2, 0) is 0 Å². The maximum atomic E-state index is 12.1. The molecule has 0 aliphatic carbocycles. The van der Waals surface area contributed by atoms with Crippen molar-refractivity contribution in [3.63, 3.8) is 0 Å². The maximum absolute atomic E-state index is 12.1. The fourth-order valence-corrected chi connectivity index (χ4v) is 1.87. The third-order valence-corrected chi connectivity index (χ3v) is 3.02. The summed E-state index contributed by atoms with van der Waals surface area (Å²) in [4.78, 5) is 16.2. The van der Waals surface area contributed by atoms with Crippen LogP contribution in [0.3, 0.4) is 0 Å². The van der Waals surface area contributed by atoms with E-state index in [2.05, 4.69) is 20.5 Å². The summed E-state index contributed by atoms with van der Waals surface area (Å²) < 4.78 is 1.60. The normalized spacial score (nSPS) is 10.4. The summed E-state index contributed by atoms with van der Waals surface area (Å²) in [6.45, 7) is 0.